The van der Waals surface area contributed by atoms with Gasteiger partial charge in [-0.25, -0.2) is 0 Å². The highest BCUT2D eigenvalue weighted by Gasteiger charge is 2.49. The second-order valence-electron chi connectivity index (χ2n) is 4.94. The van der Waals surface area contributed by atoms with Crippen molar-refractivity contribution in [3.05, 3.63) is 0 Å². The van der Waals surface area contributed by atoms with Crippen molar-refractivity contribution in [2.75, 3.05) is 6.54 Å². The molecule has 70 valence electrons. The molecule has 2 saturated heterocycles. The summed E-state index contributed by atoms with van der Waals surface area (Å²) in [6, 6.07) is 0.856. The first kappa shape index (κ1) is 8.55. The van der Waals surface area contributed by atoms with Gasteiger partial charge >= 0.3 is 0 Å². The minimum atomic E-state index is 0.611. The summed E-state index contributed by atoms with van der Waals surface area (Å²) in [6.45, 7) is 8.56. The summed E-state index contributed by atoms with van der Waals surface area (Å²) >= 11 is 0. The van der Waals surface area contributed by atoms with Crippen LogP contribution in [-0.2, 0) is 0 Å². The molecule has 12 heavy (non-hydrogen) atoms. The summed E-state index contributed by atoms with van der Waals surface area (Å²) in [6.07, 6.45) is 5.77. The summed E-state index contributed by atoms with van der Waals surface area (Å²) in [7, 11) is 0. The molecule has 1 heteroatoms. The maximum Gasteiger partial charge on any atom is 0.0236 e. The molecule has 1 nitrogen and oxygen atoms in total. The average Bonchev–Trinajstić information content (AvgIpc) is 2.53. The van der Waals surface area contributed by atoms with Crippen LogP contribution in [0, 0.1) is 5.92 Å². The van der Waals surface area contributed by atoms with Gasteiger partial charge in [-0.15, -0.1) is 0 Å². The van der Waals surface area contributed by atoms with Crippen LogP contribution in [0.25, 0.3) is 0 Å². The zero-order chi connectivity index (χ0) is 8.77. The van der Waals surface area contributed by atoms with E-state index in [4.69, 9.17) is 0 Å². The number of nitrogens with zero attached hydrogens (tertiary/aromatic N) is 1. The lowest BCUT2D eigenvalue weighted by molar-refractivity contribution is 0.109. The normalized spacial score (nSPS) is 42.5. The number of rotatable bonds is 1. The van der Waals surface area contributed by atoms with E-state index in [1.165, 1.54) is 32.2 Å². The lowest BCUT2D eigenvalue weighted by atomic mass is 9.83. The van der Waals surface area contributed by atoms with Crippen molar-refractivity contribution in [3.8, 4) is 0 Å². The predicted octanol–water partition coefficient (Wildman–Crippen LogP) is 2.66. The summed E-state index contributed by atoms with van der Waals surface area (Å²) in [5.41, 5.74) is 0.611. The fourth-order valence-electron chi connectivity index (χ4n) is 3.37. The quantitative estimate of drug-likeness (QED) is 0.580. The first-order valence-electron chi connectivity index (χ1n) is 5.43. The standard InChI is InChI=1S/C11H21N/c1-9(2)11-6-4-8-12(11)10(3)5-7-11/h9-10H,4-8H2,1-3H3. The molecule has 2 rings (SSSR count). The molecular weight excluding hydrogens is 146 g/mol. The Morgan fingerprint density at radius 2 is 2.08 bits per heavy atom. The summed E-state index contributed by atoms with van der Waals surface area (Å²) in [5.74, 6) is 0.852. The lowest BCUT2D eigenvalue weighted by Gasteiger charge is -2.38. The van der Waals surface area contributed by atoms with Gasteiger partial charge in [-0.3, -0.25) is 4.90 Å². The fraction of sp³-hybridized carbons (Fsp3) is 1.00. The SMILES string of the molecule is CC1CCC2(C(C)C)CCCN12. The molecule has 0 saturated carbocycles. The van der Waals surface area contributed by atoms with Crippen molar-refractivity contribution in [1.29, 1.82) is 0 Å². The van der Waals surface area contributed by atoms with Gasteiger partial charge in [-0.2, -0.15) is 0 Å². The Balaban J connectivity index is 2.23. The van der Waals surface area contributed by atoms with Gasteiger partial charge in [0.15, 0.2) is 0 Å². The maximum atomic E-state index is 2.78. The van der Waals surface area contributed by atoms with E-state index < -0.39 is 0 Å². The van der Waals surface area contributed by atoms with E-state index in [2.05, 4.69) is 25.7 Å². The zero-order valence-corrected chi connectivity index (χ0v) is 8.64. The van der Waals surface area contributed by atoms with E-state index in [0.717, 1.165) is 12.0 Å². The molecule has 0 aliphatic carbocycles. The van der Waals surface area contributed by atoms with Crippen LogP contribution in [-0.4, -0.2) is 23.0 Å². The maximum absolute atomic E-state index is 2.78. The van der Waals surface area contributed by atoms with Gasteiger partial charge in [0.2, 0.25) is 0 Å². The Kier molecular flexibility index (Phi) is 1.95. The van der Waals surface area contributed by atoms with Crippen LogP contribution < -0.4 is 0 Å². The fourth-order valence-corrected chi connectivity index (χ4v) is 3.37. The van der Waals surface area contributed by atoms with Gasteiger partial charge in [0.25, 0.3) is 0 Å². The molecular formula is C11H21N. The Bertz CT molecular complexity index is 176. The van der Waals surface area contributed by atoms with Gasteiger partial charge in [0.1, 0.15) is 0 Å². The van der Waals surface area contributed by atoms with E-state index in [0.29, 0.717) is 5.54 Å². The molecule has 0 spiro atoms. The molecule has 2 aliphatic rings. The Hall–Kier alpha value is -0.0400. The van der Waals surface area contributed by atoms with E-state index in [-0.39, 0.29) is 0 Å². The minimum Gasteiger partial charge on any atom is -0.295 e. The first-order valence-corrected chi connectivity index (χ1v) is 5.43. The van der Waals surface area contributed by atoms with Crippen molar-refractivity contribution in [2.45, 2.75) is 58.0 Å². The Morgan fingerprint density at radius 1 is 1.33 bits per heavy atom. The molecule has 0 aromatic carbocycles. The van der Waals surface area contributed by atoms with Gasteiger partial charge in [-0.1, -0.05) is 13.8 Å². The molecule has 0 radical (unpaired) electrons. The second kappa shape index (κ2) is 2.73. The third-order valence-corrected chi connectivity index (χ3v) is 4.18. The third-order valence-electron chi connectivity index (χ3n) is 4.18. The molecule has 2 aliphatic heterocycles. The van der Waals surface area contributed by atoms with Crippen LogP contribution in [0.4, 0.5) is 0 Å². The second-order valence-corrected chi connectivity index (χ2v) is 4.94. The number of fused-ring (bicyclic) bond motifs is 1. The van der Waals surface area contributed by atoms with Gasteiger partial charge in [0.05, 0.1) is 0 Å². The van der Waals surface area contributed by atoms with Crippen LogP contribution in [0.5, 0.6) is 0 Å². The van der Waals surface area contributed by atoms with Crippen molar-refractivity contribution in [3.63, 3.8) is 0 Å². The summed E-state index contributed by atoms with van der Waals surface area (Å²) < 4.78 is 0. The van der Waals surface area contributed by atoms with E-state index >= 15 is 0 Å². The third kappa shape index (κ3) is 0.953. The van der Waals surface area contributed by atoms with Crippen LogP contribution >= 0.6 is 0 Å². The topological polar surface area (TPSA) is 3.24 Å². The molecule has 0 bridgehead atoms. The monoisotopic (exact) mass is 167 g/mol. The first-order chi connectivity index (χ1) is 5.67. The average molecular weight is 167 g/mol. The molecule has 2 heterocycles. The van der Waals surface area contributed by atoms with Gasteiger partial charge in [-0.05, 0) is 45.1 Å². The molecule has 0 N–H and O–H groups in total. The number of hydrogen-bond acceptors (Lipinski definition) is 1. The smallest absolute Gasteiger partial charge is 0.0236 e. The molecule has 0 aromatic rings. The predicted molar refractivity (Wildman–Crippen MR) is 52.2 cm³/mol. The highest BCUT2D eigenvalue weighted by Crippen LogP contribution is 2.46. The molecule has 0 amide bonds. The van der Waals surface area contributed by atoms with Crippen molar-refractivity contribution in [1.82, 2.24) is 4.90 Å². The van der Waals surface area contributed by atoms with Crippen LogP contribution in [0.1, 0.15) is 46.5 Å². The van der Waals surface area contributed by atoms with Crippen molar-refractivity contribution < 1.29 is 0 Å². The van der Waals surface area contributed by atoms with Crippen LogP contribution in [0.15, 0.2) is 0 Å². The minimum absolute atomic E-state index is 0.611. The summed E-state index contributed by atoms with van der Waals surface area (Å²) in [4.78, 5) is 2.78. The van der Waals surface area contributed by atoms with Crippen molar-refractivity contribution >= 4 is 0 Å². The Morgan fingerprint density at radius 3 is 2.67 bits per heavy atom. The summed E-state index contributed by atoms with van der Waals surface area (Å²) in [5, 5.41) is 0. The van der Waals surface area contributed by atoms with E-state index in [1.54, 1.807) is 0 Å². The largest absolute Gasteiger partial charge is 0.295 e. The molecule has 2 fully saturated rings. The molecule has 2 unspecified atom stereocenters. The van der Waals surface area contributed by atoms with Crippen LogP contribution in [0.2, 0.25) is 0 Å². The highest BCUT2D eigenvalue weighted by atomic mass is 15.3. The highest BCUT2D eigenvalue weighted by molar-refractivity contribution is 5.04. The number of hydrogen-bond donors (Lipinski definition) is 0. The molecule has 0 aromatic heterocycles. The van der Waals surface area contributed by atoms with Gasteiger partial charge < -0.3 is 0 Å². The lowest BCUT2D eigenvalue weighted by Crippen LogP contribution is -2.45. The van der Waals surface area contributed by atoms with Gasteiger partial charge in [0, 0.05) is 11.6 Å². The van der Waals surface area contributed by atoms with E-state index in [1.807, 2.05) is 0 Å². The van der Waals surface area contributed by atoms with Crippen molar-refractivity contribution in [2.24, 2.45) is 5.92 Å². The Labute approximate surface area is 76.1 Å². The zero-order valence-electron chi connectivity index (χ0n) is 8.64. The van der Waals surface area contributed by atoms with E-state index in [9.17, 15) is 0 Å². The van der Waals surface area contributed by atoms with Crippen LogP contribution in [0.3, 0.4) is 0 Å². The molecule has 2 atom stereocenters.